The van der Waals surface area contributed by atoms with Gasteiger partial charge in [0.2, 0.25) is 0 Å². The van der Waals surface area contributed by atoms with Gasteiger partial charge in [-0.1, -0.05) is 6.92 Å². The van der Waals surface area contributed by atoms with Crippen molar-refractivity contribution in [3.63, 3.8) is 0 Å². The van der Waals surface area contributed by atoms with Gasteiger partial charge in [0.05, 0.1) is 29.9 Å². The van der Waals surface area contributed by atoms with E-state index < -0.39 is 29.0 Å². The third-order valence-corrected chi connectivity index (χ3v) is 7.25. The number of ether oxygens (including phenoxy) is 1. The van der Waals surface area contributed by atoms with Gasteiger partial charge in [-0.2, -0.15) is 31.1 Å². The molecule has 2 aromatic rings. The molecule has 35 heavy (non-hydrogen) atoms. The molecule has 0 radical (unpaired) electrons. The summed E-state index contributed by atoms with van der Waals surface area (Å²) in [5.74, 6) is 0.672. The van der Waals surface area contributed by atoms with Gasteiger partial charge >= 0.3 is 12.4 Å². The third-order valence-electron chi connectivity index (χ3n) is 7.25. The van der Waals surface area contributed by atoms with Crippen molar-refractivity contribution in [2.75, 3.05) is 6.54 Å². The lowest BCUT2D eigenvalue weighted by atomic mass is 9.86. The van der Waals surface area contributed by atoms with Crippen molar-refractivity contribution in [3.8, 4) is 0 Å². The molecule has 0 spiro atoms. The van der Waals surface area contributed by atoms with E-state index in [4.69, 9.17) is 4.74 Å². The molecule has 4 unspecified atom stereocenters. The standard InChI is InChI=1S/C23H29F6N5O/c1-5-33-18-6-7-19(21(33,4)11-17(18)20-30-32-34(31-20)13(2)3)35-12-14-8-15(22(24,25)26)10-16(9-14)23(27,28)29/h8-10,13,17-19H,5-7,11-12H2,1-4H3. The predicted molar refractivity (Wildman–Crippen MR) is 114 cm³/mol. The highest BCUT2D eigenvalue weighted by Gasteiger charge is 2.57. The van der Waals surface area contributed by atoms with Crippen molar-refractivity contribution < 1.29 is 31.1 Å². The second kappa shape index (κ2) is 9.02. The van der Waals surface area contributed by atoms with Gasteiger partial charge in [-0.05, 0) is 75.6 Å². The Morgan fingerprint density at radius 3 is 2.20 bits per heavy atom. The Labute approximate surface area is 199 Å². The van der Waals surface area contributed by atoms with Gasteiger partial charge in [0, 0.05) is 17.5 Å². The summed E-state index contributed by atoms with van der Waals surface area (Å²) in [5.41, 5.74) is -3.29. The summed E-state index contributed by atoms with van der Waals surface area (Å²) < 4.78 is 85.5. The van der Waals surface area contributed by atoms with E-state index in [1.165, 1.54) is 0 Å². The van der Waals surface area contributed by atoms with Crippen LogP contribution in [0.3, 0.4) is 0 Å². The van der Waals surface area contributed by atoms with E-state index in [0.717, 1.165) is 25.1 Å². The molecule has 1 aromatic heterocycles. The first kappa shape index (κ1) is 25.9. The van der Waals surface area contributed by atoms with E-state index in [1.807, 2.05) is 27.7 Å². The molecule has 3 heterocycles. The van der Waals surface area contributed by atoms with E-state index in [0.29, 0.717) is 18.7 Å². The van der Waals surface area contributed by atoms with Crippen molar-refractivity contribution in [3.05, 3.63) is 40.7 Å². The van der Waals surface area contributed by atoms with Gasteiger partial charge in [-0.25, -0.2) is 0 Å². The minimum atomic E-state index is -4.89. The van der Waals surface area contributed by atoms with Gasteiger partial charge < -0.3 is 4.74 Å². The number of aromatic nitrogens is 4. The van der Waals surface area contributed by atoms with Gasteiger partial charge in [0.15, 0.2) is 5.82 Å². The number of hydrogen-bond donors (Lipinski definition) is 0. The molecule has 1 aromatic carbocycles. The Kier molecular flexibility index (Phi) is 6.67. The second-order valence-corrected chi connectivity index (χ2v) is 9.87. The third kappa shape index (κ3) is 4.91. The molecule has 2 bridgehead atoms. The zero-order valence-corrected chi connectivity index (χ0v) is 20.0. The average Bonchev–Trinajstić information content (AvgIpc) is 3.32. The maximum Gasteiger partial charge on any atom is 0.416 e. The van der Waals surface area contributed by atoms with Crippen LogP contribution in [0.5, 0.6) is 0 Å². The summed E-state index contributed by atoms with van der Waals surface area (Å²) in [6.07, 6.45) is -8.09. The molecule has 2 fully saturated rings. The highest BCUT2D eigenvalue weighted by molar-refractivity contribution is 5.33. The largest absolute Gasteiger partial charge is 0.416 e. The van der Waals surface area contributed by atoms with Crippen LogP contribution in [0.4, 0.5) is 26.3 Å². The molecular formula is C23H29F6N5O. The van der Waals surface area contributed by atoms with Crippen molar-refractivity contribution >= 4 is 0 Å². The lowest BCUT2D eigenvalue weighted by Gasteiger charge is -2.47. The van der Waals surface area contributed by atoms with Crippen LogP contribution < -0.4 is 0 Å². The van der Waals surface area contributed by atoms with Crippen molar-refractivity contribution in [2.45, 2.75) is 95.6 Å². The second-order valence-electron chi connectivity index (χ2n) is 9.87. The predicted octanol–water partition coefficient (Wildman–Crippen LogP) is 5.61. The van der Waals surface area contributed by atoms with E-state index in [-0.39, 0.29) is 42.3 Å². The molecule has 194 valence electrons. The van der Waals surface area contributed by atoms with Crippen LogP contribution in [0.2, 0.25) is 0 Å². The topological polar surface area (TPSA) is 56.1 Å². The SMILES string of the molecule is CCN1C2CCC(OCc3cc(C(F)(F)F)cc(C(F)(F)F)c3)C1(C)CC2c1nnn(C(C)C)n1. The van der Waals surface area contributed by atoms with E-state index in [2.05, 4.69) is 20.3 Å². The van der Waals surface area contributed by atoms with Gasteiger partial charge in [-0.15, -0.1) is 10.2 Å². The minimum absolute atomic E-state index is 0.0199. The number of halogens is 6. The van der Waals surface area contributed by atoms with Crippen molar-refractivity contribution in [2.24, 2.45) is 0 Å². The first-order valence-electron chi connectivity index (χ1n) is 11.7. The summed E-state index contributed by atoms with van der Waals surface area (Å²) in [6.45, 7) is 8.35. The smallest absolute Gasteiger partial charge is 0.372 e. The molecule has 0 N–H and O–H groups in total. The van der Waals surface area contributed by atoms with Gasteiger partial charge in [0.1, 0.15) is 0 Å². The van der Waals surface area contributed by atoms with Crippen LogP contribution in [0.1, 0.15) is 81.4 Å². The quantitative estimate of drug-likeness (QED) is 0.478. The molecule has 2 aliphatic heterocycles. The number of piperidine rings is 1. The number of fused-ring (bicyclic) bond motifs is 2. The van der Waals surface area contributed by atoms with Crippen LogP contribution >= 0.6 is 0 Å². The Bertz CT molecular complexity index is 1020. The molecule has 2 aliphatic rings. The fraction of sp³-hybridized carbons (Fsp3) is 0.696. The molecule has 0 amide bonds. The van der Waals surface area contributed by atoms with Crippen LogP contribution in [0, 0.1) is 0 Å². The number of tetrazole rings is 1. The fourth-order valence-electron chi connectivity index (χ4n) is 5.63. The van der Waals surface area contributed by atoms with Crippen LogP contribution in [-0.4, -0.2) is 49.3 Å². The number of likely N-dealkylation sites (N-methyl/N-ethyl adjacent to an activating group) is 1. The van der Waals surface area contributed by atoms with Crippen molar-refractivity contribution in [1.29, 1.82) is 0 Å². The highest BCUT2D eigenvalue weighted by atomic mass is 19.4. The van der Waals surface area contributed by atoms with Crippen molar-refractivity contribution in [1.82, 2.24) is 25.1 Å². The van der Waals surface area contributed by atoms with Gasteiger partial charge in [-0.3, -0.25) is 4.90 Å². The average molecular weight is 506 g/mol. The number of benzene rings is 1. The molecule has 12 heteroatoms. The number of alkyl halides is 6. The van der Waals surface area contributed by atoms with Crippen LogP contribution in [0.25, 0.3) is 0 Å². The van der Waals surface area contributed by atoms with Crippen LogP contribution in [-0.2, 0) is 23.7 Å². The lowest BCUT2D eigenvalue weighted by Crippen LogP contribution is -2.57. The van der Waals surface area contributed by atoms with E-state index in [9.17, 15) is 26.3 Å². The molecule has 6 nitrogen and oxygen atoms in total. The molecular weight excluding hydrogens is 476 g/mol. The normalized spacial score (nSPS) is 27.7. The summed E-state index contributed by atoms with van der Waals surface area (Å²) >= 11 is 0. The molecule has 4 rings (SSSR count). The molecule has 0 saturated carbocycles. The Hall–Kier alpha value is -2.21. The molecule has 0 aliphatic carbocycles. The number of nitrogens with zero attached hydrogens (tertiary/aromatic N) is 5. The highest BCUT2D eigenvalue weighted by Crippen LogP contribution is 2.51. The van der Waals surface area contributed by atoms with E-state index in [1.54, 1.807) is 4.80 Å². The minimum Gasteiger partial charge on any atom is -0.372 e. The summed E-state index contributed by atoms with van der Waals surface area (Å²) in [6, 6.07) is 1.83. The Morgan fingerprint density at radius 2 is 1.69 bits per heavy atom. The maximum atomic E-state index is 13.2. The van der Waals surface area contributed by atoms with E-state index >= 15 is 0 Å². The summed E-state index contributed by atoms with van der Waals surface area (Å²) in [4.78, 5) is 3.87. The molecule has 2 saturated heterocycles. The summed E-state index contributed by atoms with van der Waals surface area (Å²) in [7, 11) is 0. The summed E-state index contributed by atoms with van der Waals surface area (Å²) in [5, 5.41) is 13.0. The number of rotatable bonds is 6. The molecule has 4 atom stereocenters. The van der Waals surface area contributed by atoms with Crippen LogP contribution in [0.15, 0.2) is 18.2 Å². The number of hydrogen-bond acceptors (Lipinski definition) is 5. The fourth-order valence-corrected chi connectivity index (χ4v) is 5.63. The Balaban J connectivity index is 1.56. The Morgan fingerprint density at radius 1 is 1.06 bits per heavy atom. The first-order valence-corrected chi connectivity index (χ1v) is 11.7. The zero-order valence-electron chi connectivity index (χ0n) is 20.0. The monoisotopic (exact) mass is 505 g/mol. The van der Waals surface area contributed by atoms with Gasteiger partial charge in [0.25, 0.3) is 0 Å². The lowest BCUT2D eigenvalue weighted by molar-refractivity contribution is -0.143. The zero-order chi connectivity index (χ0) is 25.8. The maximum absolute atomic E-state index is 13.2. The first-order chi connectivity index (χ1) is 16.2.